The first-order chi connectivity index (χ1) is 10.4. The van der Waals surface area contributed by atoms with Crippen molar-refractivity contribution < 1.29 is 17.9 Å². The van der Waals surface area contributed by atoms with Crippen LogP contribution in [0.4, 0.5) is 0 Å². The summed E-state index contributed by atoms with van der Waals surface area (Å²) in [4.78, 5) is 13.2. The van der Waals surface area contributed by atoms with Gasteiger partial charge in [0.05, 0.1) is 10.5 Å². The highest BCUT2D eigenvalue weighted by atomic mass is 32.2. The Bertz CT molecular complexity index is 748. The molecule has 4 nitrogen and oxygen atoms in total. The van der Waals surface area contributed by atoms with Gasteiger partial charge < -0.3 is 4.74 Å². The lowest BCUT2D eigenvalue weighted by atomic mass is 10.2. The minimum Gasteiger partial charge on any atom is -0.457 e. The number of benzene rings is 2. The van der Waals surface area contributed by atoms with Crippen molar-refractivity contribution in [2.24, 2.45) is 0 Å². The van der Waals surface area contributed by atoms with Crippen molar-refractivity contribution in [2.45, 2.75) is 16.4 Å². The van der Waals surface area contributed by atoms with Gasteiger partial charge in [0, 0.05) is 11.2 Å². The van der Waals surface area contributed by atoms with E-state index in [0.29, 0.717) is 5.56 Å². The van der Waals surface area contributed by atoms with Gasteiger partial charge in [-0.15, -0.1) is 11.8 Å². The summed E-state index contributed by atoms with van der Waals surface area (Å²) in [6.07, 6.45) is 3.12. The molecule has 0 saturated carbocycles. The number of carbonyl (C=O) groups excluding carboxylic acids is 1. The van der Waals surface area contributed by atoms with E-state index in [2.05, 4.69) is 0 Å². The van der Waals surface area contributed by atoms with E-state index in [9.17, 15) is 13.2 Å². The van der Waals surface area contributed by atoms with Gasteiger partial charge in [-0.05, 0) is 48.2 Å². The molecular formula is C16H16O4S2. The maximum Gasteiger partial charge on any atom is 0.338 e. The van der Waals surface area contributed by atoms with Crippen LogP contribution in [-0.4, -0.2) is 26.9 Å². The molecule has 0 aromatic heterocycles. The van der Waals surface area contributed by atoms with Crippen LogP contribution in [0.5, 0.6) is 0 Å². The highest BCUT2D eigenvalue weighted by Crippen LogP contribution is 2.16. The predicted octanol–water partition coefficient (Wildman–Crippen LogP) is 3.17. The van der Waals surface area contributed by atoms with E-state index in [-0.39, 0.29) is 11.5 Å². The Morgan fingerprint density at radius 3 is 2.14 bits per heavy atom. The average Bonchev–Trinajstić information content (AvgIpc) is 2.52. The first-order valence-electron chi connectivity index (χ1n) is 6.50. The molecule has 0 heterocycles. The van der Waals surface area contributed by atoms with E-state index in [1.165, 1.54) is 24.3 Å². The summed E-state index contributed by atoms with van der Waals surface area (Å²) < 4.78 is 27.9. The number of hydrogen-bond donors (Lipinski definition) is 0. The summed E-state index contributed by atoms with van der Waals surface area (Å²) in [6.45, 7) is 0.182. The molecule has 6 heteroatoms. The zero-order valence-electron chi connectivity index (χ0n) is 12.3. The molecule has 116 valence electrons. The Hall–Kier alpha value is -1.79. The van der Waals surface area contributed by atoms with Crippen LogP contribution >= 0.6 is 11.8 Å². The molecule has 0 unspecified atom stereocenters. The van der Waals surface area contributed by atoms with Gasteiger partial charge in [-0.3, -0.25) is 0 Å². The van der Waals surface area contributed by atoms with Crippen LogP contribution in [0.15, 0.2) is 58.3 Å². The Morgan fingerprint density at radius 1 is 1.05 bits per heavy atom. The second-order valence-electron chi connectivity index (χ2n) is 4.72. The first-order valence-corrected chi connectivity index (χ1v) is 9.62. The lowest BCUT2D eigenvalue weighted by Crippen LogP contribution is -2.06. The van der Waals surface area contributed by atoms with E-state index in [0.717, 1.165) is 16.7 Å². The van der Waals surface area contributed by atoms with Gasteiger partial charge in [0.1, 0.15) is 6.61 Å². The van der Waals surface area contributed by atoms with Crippen molar-refractivity contribution in [1.29, 1.82) is 0 Å². The molecule has 2 aromatic rings. The van der Waals surface area contributed by atoms with E-state index >= 15 is 0 Å². The standard InChI is InChI=1S/C16H16O4S2/c1-21-14-7-3-12(4-8-14)11-20-16(17)13-5-9-15(10-6-13)22(2,18)19/h3-10H,11H2,1-2H3. The Morgan fingerprint density at radius 2 is 1.64 bits per heavy atom. The van der Waals surface area contributed by atoms with Crippen molar-refractivity contribution in [2.75, 3.05) is 12.5 Å². The Balaban J connectivity index is 1.99. The molecule has 0 spiro atoms. The largest absolute Gasteiger partial charge is 0.457 e. The lowest BCUT2D eigenvalue weighted by molar-refractivity contribution is 0.0472. The van der Waals surface area contributed by atoms with Crippen molar-refractivity contribution in [1.82, 2.24) is 0 Å². The van der Waals surface area contributed by atoms with Crippen LogP contribution in [-0.2, 0) is 21.2 Å². The van der Waals surface area contributed by atoms with Gasteiger partial charge >= 0.3 is 5.97 Å². The average molecular weight is 336 g/mol. The first kappa shape index (κ1) is 16.6. The Labute approximate surface area is 134 Å². The molecule has 0 bridgehead atoms. The predicted molar refractivity (Wildman–Crippen MR) is 86.9 cm³/mol. The summed E-state index contributed by atoms with van der Waals surface area (Å²) in [7, 11) is -3.26. The van der Waals surface area contributed by atoms with Gasteiger partial charge in [0.2, 0.25) is 0 Å². The maximum absolute atomic E-state index is 11.9. The van der Waals surface area contributed by atoms with Crippen molar-refractivity contribution >= 4 is 27.6 Å². The highest BCUT2D eigenvalue weighted by molar-refractivity contribution is 7.98. The number of esters is 1. The number of rotatable bonds is 5. The zero-order valence-corrected chi connectivity index (χ0v) is 13.9. The summed E-state index contributed by atoms with van der Waals surface area (Å²) in [5, 5.41) is 0. The minimum absolute atomic E-state index is 0.178. The van der Waals surface area contributed by atoms with Crippen LogP contribution in [0.2, 0.25) is 0 Å². The number of ether oxygens (including phenoxy) is 1. The maximum atomic E-state index is 11.9. The molecule has 0 aliphatic heterocycles. The number of carbonyl (C=O) groups is 1. The molecule has 0 aliphatic rings. The summed E-state index contributed by atoms with van der Waals surface area (Å²) >= 11 is 1.65. The summed E-state index contributed by atoms with van der Waals surface area (Å²) in [6, 6.07) is 13.5. The van der Waals surface area contributed by atoms with E-state index in [1.807, 2.05) is 30.5 Å². The highest BCUT2D eigenvalue weighted by Gasteiger charge is 2.11. The quantitative estimate of drug-likeness (QED) is 0.620. The van der Waals surface area contributed by atoms with Crippen LogP contribution < -0.4 is 0 Å². The van der Waals surface area contributed by atoms with Crippen molar-refractivity contribution in [3.05, 3.63) is 59.7 Å². The minimum atomic E-state index is -3.26. The monoisotopic (exact) mass is 336 g/mol. The van der Waals surface area contributed by atoms with Gasteiger partial charge in [0.25, 0.3) is 0 Å². The molecule has 0 radical (unpaired) electrons. The second-order valence-corrected chi connectivity index (χ2v) is 7.62. The third-order valence-electron chi connectivity index (χ3n) is 3.05. The molecule has 0 aliphatic carbocycles. The van der Waals surface area contributed by atoms with Gasteiger partial charge in [-0.25, -0.2) is 13.2 Å². The smallest absolute Gasteiger partial charge is 0.338 e. The SMILES string of the molecule is CSc1ccc(COC(=O)c2ccc(S(C)(=O)=O)cc2)cc1. The number of thioether (sulfide) groups is 1. The fraction of sp³-hybridized carbons (Fsp3) is 0.188. The molecule has 0 amide bonds. The molecule has 0 atom stereocenters. The third-order valence-corrected chi connectivity index (χ3v) is 4.92. The van der Waals surface area contributed by atoms with E-state index in [1.54, 1.807) is 11.8 Å². The molecular weight excluding hydrogens is 320 g/mol. The summed E-state index contributed by atoms with van der Waals surface area (Å²) in [5.41, 5.74) is 1.23. The molecule has 22 heavy (non-hydrogen) atoms. The normalized spacial score (nSPS) is 11.2. The number of hydrogen-bond acceptors (Lipinski definition) is 5. The van der Waals surface area contributed by atoms with Gasteiger partial charge in [-0.2, -0.15) is 0 Å². The fourth-order valence-corrected chi connectivity index (χ4v) is 2.83. The van der Waals surface area contributed by atoms with Crippen molar-refractivity contribution in [3.8, 4) is 0 Å². The van der Waals surface area contributed by atoms with E-state index in [4.69, 9.17) is 4.74 Å². The summed E-state index contributed by atoms with van der Waals surface area (Å²) in [5.74, 6) is -0.478. The van der Waals surface area contributed by atoms with Crippen LogP contribution in [0.25, 0.3) is 0 Å². The molecule has 0 fully saturated rings. The van der Waals surface area contributed by atoms with Gasteiger partial charge in [-0.1, -0.05) is 12.1 Å². The molecule has 0 saturated heterocycles. The van der Waals surface area contributed by atoms with E-state index < -0.39 is 15.8 Å². The topological polar surface area (TPSA) is 60.4 Å². The van der Waals surface area contributed by atoms with Crippen LogP contribution in [0.1, 0.15) is 15.9 Å². The Kier molecular flexibility index (Phi) is 5.26. The lowest BCUT2D eigenvalue weighted by Gasteiger charge is -2.06. The molecule has 0 N–H and O–H groups in total. The van der Waals surface area contributed by atoms with Crippen molar-refractivity contribution in [3.63, 3.8) is 0 Å². The fourth-order valence-electron chi connectivity index (χ4n) is 1.79. The van der Waals surface area contributed by atoms with Crippen LogP contribution in [0, 0.1) is 0 Å². The third kappa shape index (κ3) is 4.35. The van der Waals surface area contributed by atoms with Crippen LogP contribution in [0.3, 0.4) is 0 Å². The zero-order chi connectivity index (χ0) is 16.2. The number of sulfone groups is 1. The molecule has 2 aromatic carbocycles. The molecule has 2 rings (SSSR count). The van der Waals surface area contributed by atoms with Gasteiger partial charge in [0.15, 0.2) is 9.84 Å². The second kappa shape index (κ2) is 6.98.